The van der Waals surface area contributed by atoms with Gasteiger partial charge >= 0.3 is 0 Å². The molecule has 1 rings (SSSR count). The van der Waals surface area contributed by atoms with Gasteiger partial charge in [-0.15, -0.1) is 0 Å². The van der Waals surface area contributed by atoms with Crippen LogP contribution in [-0.2, 0) is 14.4 Å². The number of allylic oxidation sites excluding steroid dienone is 2. The summed E-state index contributed by atoms with van der Waals surface area (Å²) in [6.07, 6.45) is 7.11. The first-order chi connectivity index (χ1) is 5.58. The van der Waals surface area contributed by atoms with Crippen LogP contribution < -0.4 is 5.48 Å². The van der Waals surface area contributed by atoms with E-state index in [1.165, 1.54) is 6.42 Å². The third-order valence-electron chi connectivity index (χ3n) is 1.62. The van der Waals surface area contributed by atoms with Gasteiger partial charge in [0.15, 0.2) is 0 Å². The minimum absolute atomic E-state index is 0.867. The van der Waals surface area contributed by atoms with Gasteiger partial charge in [-0.05, 0) is 25.7 Å². The van der Waals surface area contributed by atoms with Crippen LogP contribution >= 0.6 is 0 Å². The minimum atomic E-state index is -3.38. The predicted octanol–water partition coefficient (Wildman–Crippen LogP) is 0.925. The molecule has 0 radical (unpaired) electrons. The van der Waals surface area contributed by atoms with Crippen molar-refractivity contribution in [2.75, 3.05) is 6.26 Å². The lowest BCUT2D eigenvalue weighted by Crippen LogP contribution is -2.19. The summed E-state index contributed by atoms with van der Waals surface area (Å²) >= 11 is 0. The Kier molecular flexibility index (Phi) is 3.11. The Morgan fingerprint density at radius 1 is 1.50 bits per heavy atom. The lowest BCUT2D eigenvalue weighted by molar-refractivity contribution is 0.231. The highest BCUT2D eigenvalue weighted by Crippen LogP contribution is 2.14. The van der Waals surface area contributed by atoms with Crippen molar-refractivity contribution in [2.24, 2.45) is 0 Å². The quantitative estimate of drug-likeness (QED) is 0.674. The van der Waals surface area contributed by atoms with E-state index in [9.17, 15) is 8.42 Å². The van der Waals surface area contributed by atoms with Gasteiger partial charge in [-0.25, -0.2) is 0 Å². The monoisotopic (exact) mass is 191 g/mol. The molecule has 5 heteroatoms. The van der Waals surface area contributed by atoms with Crippen molar-refractivity contribution < 1.29 is 12.7 Å². The molecule has 0 saturated heterocycles. The van der Waals surface area contributed by atoms with Gasteiger partial charge in [0.2, 0.25) is 0 Å². The van der Waals surface area contributed by atoms with Crippen LogP contribution in [0.4, 0.5) is 0 Å². The second-order valence-electron chi connectivity index (χ2n) is 2.86. The second kappa shape index (κ2) is 3.91. The molecule has 1 aliphatic carbocycles. The molecule has 0 aromatic carbocycles. The van der Waals surface area contributed by atoms with E-state index in [-0.39, 0.29) is 0 Å². The van der Waals surface area contributed by atoms with Crippen molar-refractivity contribution in [1.82, 2.24) is 5.48 Å². The Hall–Kier alpha value is -0.550. The first kappa shape index (κ1) is 9.54. The Balaban J connectivity index is 2.36. The summed E-state index contributed by atoms with van der Waals surface area (Å²) in [4.78, 5) is 0. The summed E-state index contributed by atoms with van der Waals surface area (Å²) in [6, 6.07) is 0. The van der Waals surface area contributed by atoms with Crippen LogP contribution in [0.25, 0.3) is 0 Å². The molecule has 12 heavy (non-hydrogen) atoms. The van der Waals surface area contributed by atoms with Crippen molar-refractivity contribution >= 4 is 10.1 Å². The molecule has 1 aliphatic rings. The maximum absolute atomic E-state index is 10.6. The molecule has 0 bridgehead atoms. The fraction of sp³-hybridized carbons (Fsp3) is 0.714. The summed E-state index contributed by atoms with van der Waals surface area (Å²) in [5.41, 5.74) is 3.30. The standard InChI is InChI=1S/C7H13NO3S/c1-12(9,10)11-8-7-5-3-2-4-6-7/h5,8H,2-4,6H2,1H3. The van der Waals surface area contributed by atoms with Crippen molar-refractivity contribution in [2.45, 2.75) is 25.7 Å². The largest absolute Gasteiger partial charge is 0.284 e. The van der Waals surface area contributed by atoms with Gasteiger partial charge in [-0.2, -0.15) is 12.7 Å². The summed E-state index contributed by atoms with van der Waals surface area (Å²) in [5, 5.41) is 0. The molecule has 0 unspecified atom stereocenters. The average Bonchev–Trinajstić information content (AvgIpc) is 2.02. The number of hydroxylamine groups is 1. The molecule has 0 saturated carbocycles. The van der Waals surface area contributed by atoms with Crippen molar-refractivity contribution in [3.63, 3.8) is 0 Å². The number of hydrogen-bond donors (Lipinski definition) is 1. The van der Waals surface area contributed by atoms with Crippen molar-refractivity contribution in [3.05, 3.63) is 11.8 Å². The lowest BCUT2D eigenvalue weighted by Gasteiger charge is -2.12. The van der Waals surface area contributed by atoms with E-state index in [1.54, 1.807) is 0 Å². The summed E-state index contributed by atoms with van der Waals surface area (Å²) in [6.45, 7) is 0. The summed E-state index contributed by atoms with van der Waals surface area (Å²) < 4.78 is 25.5. The molecule has 0 amide bonds. The highest BCUT2D eigenvalue weighted by molar-refractivity contribution is 7.85. The minimum Gasteiger partial charge on any atom is -0.254 e. The van der Waals surface area contributed by atoms with Gasteiger partial charge in [0, 0.05) is 5.70 Å². The smallest absolute Gasteiger partial charge is 0.254 e. The van der Waals surface area contributed by atoms with Crippen LogP contribution in [0.3, 0.4) is 0 Å². The van der Waals surface area contributed by atoms with E-state index in [1.807, 2.05) is 6.08 Å². The number of nitrogens with one attached hydrogen (secondary N) is 1. The molecule has 0 heterocycles. The van der Waals surface area contributed by atoms with E-state index in [0.717, 1.165) is 31.2 Å². The first-order valence-electron chi connectivity index (χ1n) is 3.91. The van der Waals surface area contributed by atoms with Gasteiger partial charge in [-0.3, -0.25) is 5.48 Å². The van der Waals surface area contributed by atoms with Crippen molar-refractivity contribution in [1.29, 1.82) is 0 Å². The van der Waals surface area contributed by atoms with Crippen LogP contribution in [0, 0.1) is 0 Å². The molecule has 0 aromatic heterocycles. The fourth-order valence-corrected chi connectivity index (χ4v) is 1.32. The van der Waals surface area contributed by atoms with Gasteiger partial charge in [-0.1, -0.05) is 6.08 Å². The van der Waals surface area contributed by atoms with Gasteiger partial charge in [0.1, 0.15) is 0 Å². The van der Waals surface area contributed by atoms with E-state index < -0.39 is 10.1 Å². The molecule has 4 nitrogen and oxygen atoms in total. The molecule has 70 valence electrons. The van der Waals surface area contributed by atoms with E-state index >= 15 is 0 Å². The van der Waals surface area contributed by atoms with Crippen LogP contribution in [0.2, 0.25) is 0 Å². The zero-order chi connectivity index (χ0) is 9.03. The molecule has 1 N–H and O–H groups in total. The zero-order valence-corrected chi connectivity index (χ0v) is 7.86. The van der Waals surface area contributed by atoms with Crippen LogP contribution in [0.5, 0.6) is 0 Å². The molecule has 0 spiro atoms. The Morgan fingerprint density at radius 3 is 2.75 bits per heavy atom. The van der Waals surface area contributed by atoms with Crippen LogP contribution in [0.15, 0.2) is 11.8 Å². The molecule has 0 aliphatic heterocycles. The Labute approximate surface area is 72.7 Å². The predicted molar refractivity (Wildman–Crippen MR) is 45.6 cm³/mol. The Morgan fingerprint density at radius 2 is 2.25 bits per heavy atom. The average molecular weight is 191 g/mol. The third-order valence-corrected chi connectivity index (χ3v) is 2.00. The summed E-state index contributed by atoms with van der Waals surface area (Å²) in [5.74, 6) is 0. The van der Waals surface area contributed by atoms with E-state index in [0.29, 0.717) is 0 Å². The van der Waals surface area contributed by atoms with Gasteiger partial charge in [0.25, 0.3) is 10.1 Å². The van der Waals surface area contributed by atoms with Crippen LogP contribution in [0.1, 0.15) is 25.7 Å². The normalized spacial score (nSPS) is 18.6. The lowest BCUT2D eigenvalue weighted by atomic mass is 10.1. The van der Waals surface area contributed by atoms with E-state index in [2.05, 4.69) is 9.76 Å². The fourth-order valence-electron chi connectivity index (χ4n) is 1.06. The second-order valence-corrected chi connectivity index (χ2v) is 4.44. The first-order valence-corrected chi connectivity index (χ1v) is 5.73. The molecular weight excluding hydrogens is 178 g/mol. The van der Waals surface area contributed by atoms with E-state index in [4.69, 9.17) is 0 Å². The highest BCUT2D eigenvalue weighted by Gasteiger charge is 2.06. The van der Waals surface area contributed by atoms with Gasteiger partial charge < -0.3 is 0 Å². The maximum Gasteiger partial charge on any atom is 0.284 e. The highest BCUT2D eigenvalue weighted by atomic mass is 32.2. The third kappa shape index (κ3) is 3.73. The molecule has 0 atom stereocenters. The SMILES string of the molecule is CS(=O)(=O)ONC1=CCCCC1. The molecule has 0 aromatic rings. The number of hydrogen-bond acceptors (Lipinski definition) is 4. The molecule has 0 fully saturated rings. The zero-order valence-electron chi connectivity index (χ0n) is 7.04. The number of rotatable bonds is 3. The van der Waals surface area contributed by atoms with Crippen LogP contribution in [-0.4, -0.2) is 14.7 Å². The van der Waals surface area contributed by atoms with Crippen molar-refractivity contribution in [3.8, 4) is 0 Å². The Bertz CT molecular complexity index is 268. The van der Waals surface area contributed by atoms with Gasteiger partial charge in [0.05, 0.1) is 6.26 Å². The summed E-state index contributed by atoms with van der Waals surface area (Å²) in [7, 11) is -3.38. The maximum atomic E-state index is 10.6. The topological polar surface area (TPSA) is 55.4 Å². The molecular formula is C7H13NO3S.